The molecule has 3 amide bonds. The van der Waals surface area contributed by atoms with Crippen molar-refractivity contribution in [2.24, 2.45) is 0 Å². The molecule has 1 fully saturated rings. The minimum absolute atomic E-state index is 0.00902. The Morgan fingerprint density at radius 1 is 1.31 bits per heavy atom. The Bertz CT molecular complexity index is 1280. The molecule has 3 N–H and O–H groups in total. The van der Waals surface area contributed by atoms with Crippen LogP contribution in [0.1, 0.15) is 29.8 Å². The van der Waals surface area contributed by atoms with Gasteiger partial charge in [-0.2, -0.15) is 0 Å². The molecule has 166 valence electrons. The number of aromatic hydroxyl groups is 1. The molecule has 1 saturated heterocycles. The number of hydrogen-bond donors (Lipinski definition) is 3. The highest BCUT2D eigenvalue weighted by Crippen LogP contribution is 2.49. The maximum absolute atomic E-state index is 14.2. The molecule has 7 nitrogen and oxygen atoms in total. The lowest BCUT2D eigenvalue weighted by Gasteiger charge is -2.42. The van der Waals surface area contributed by atoms with Gasteiger partial charge in [-0.1, -0.05) is 23.7 Å². The standard InChI is InChI=1S/C23H22ClFN4O3/c1-23-11-15-14-9-16(24)17(25)10-18(14)27-19(15)20(12-4-3-5-13(30)8-12)29(23)22(32)28(21(23)31)7-6-26-2/h3-5,8-10,20,26-27,30H,6-7,11H2,1-2H3. The Hall–Kier alpha value is -3.10. The molecule has 9 heteroatoms. The van der Waals surface area contributed by atoms with Crippen molar-refractivity contribution in [3.63, 3.8) is 0 Å². The number of nitrogens with zero attached hydrogens (tertiary/aromatic N) is 2. The summed E-state index contributed by atoms with van der Waals surface area (Å²) < 4.78 is 14.2. The number of imide groups is 1. The van der Waals surface area contributed by atoms with Crippen molar-refractivity contribution >= 4 is 34.4 Å². The monoisotopic (exact) mass is 456 g/mol. The number of fused-ring (bicyclic) bond motifs is 4. The van der Waals surface area contributed by atoms with E-state index in [9.17, 15) is 19.1 Å². The van der Waals surface area contributed by atoms with Crippen molar-refractivity contribution in [1.29, 1.82) is 0 Å². The number of phenolic OH excluding ortho intramolecular Hbond substituents is 1. The van der Waals surface area contributed by atoms with Crippen molar-refractivity contribution in [3.8, 4) is 5.75 Å². The van der Waals surface area contributed by atoms with Crippen molar-refractivity contribution in [1.82, 2.24) is 20.1 Å². The van der Waals surface area contributed by atoms with Crippen LogP contribution in [0.2, 0.25) is 5.02 Å². The van der Waals surface area contributed by atoms with Crippen molar-refractivity contribution in [3.05, 3.63) is 64.1 Å². The Morgan fingerprint density at radius 3 is 2.81 bits per heavy atom. The highest BCUT2D eigenvalue weighted by atomic mass is 35.5. The number of benzene rings is 2. The predicted molar refractivity (Wildman–Crippen MR) is 118 cm³/mol. The molecule has 3 heterocycles. The summed E-state index contributed by atoms with van der Waals surface area (Å²) in [6.07, 6.45) is 0.264. The van der Waals surface area contributed by atoms with Gasteiger partial charge in [-0.05, 0) is 49.4 Å². The number of rotatable bonds is 4. The molecule has 0 spiro atoms. The SMILES string of the molecule is CNCCN1C(=O)N2C(c3cccc(O)c3)c3[nH]c4cc(F)c(Cl)cc4c3CC2(C)C1=O. The maximum atomic E-state index is 14.2. The number of nitrogens with one attached hydrogen (secondary N) is 2. The third-order valence-corrected chi connectivity index (χ3v) is 6.77. The molecule has 2 aliphatic rings. The lowest BCUT2D eigenvalue weighted by atomic mass is 9.81. The number of carbonyl (C=O) groups is 2. The zero-order valence-corrected chi connectivity index (χ0v) is 18.3. The molecule has 2 atom stereocenters. The summed E-state index contributed by atoms with van der Waals surface area (Å²) in [5.74, 6) is -0.786. The van der Waals surface area contributed by atoms with Gasteiger partial charge in [0.1, 0.15) is 23.1 Å². The van der Waals surface area contributed by atoms with E-state index in [0.29, 0.717) is 28.7 Å². The highest BCUT2D eigenvalue weighted by Gasteiger charge is 2.60. The van der Waals surface area contributed by atoms with E-state index in [2.05, 4.69) is 10.3 Å². The van der Waals surface area contributed by atoms with Gasteiger partial charge >= 0.3 is 6.03 Å². The van der Waals surface area contributed by atoms with Crippen molar-refractivity contribution in [2.45, 2.75) is 24.9 Å². The summed E-state index contributed by atoms with van der Waals surface area (Å²) in [5, 5.41) is 13.8. The first-order valence-corrected chi connectivity index (χ1v) is 10.7. The average Bonchev–Trinajstić information content (AvgIpc) is 3.17. The van der Waals surface area contributed by atoms with E-state index in [4.69, 9.17) is 11.6 Å². The molecular formula is C23H22ClFN4O3. The number of halogens is 2. The van der Waals surface area contributed by atoms with Crippen LogP contribution in [0.5, 0.6) is 5.75 Å². The fraction of sp³-hybridized carbons (Fsp3) is 0.304. The zero-order valence-electron chi connectivity index (χ0n) is 17.6. The summed E-state index contributed by atoms with van der Waals surface area (Å²) in [5.41, 5.74) is 1.54. The van der Waals surface area contributed by atoms with Gasteiger partial charge in [-0.25, -0.2) is 9.18 Å². The van der Waals surface area contributed by atoms with Crippen LogP contribution in [-0.2, 0) is 11.2 Å². The van der Waals surface area contributed by atoms with E-state index in [1.54, 1.807) is 49.2 Å². The van der Waals surface area contributed by atoms with Gasteiger partial charge in [0, 0.05) is 36.1 Å². The van der Waals surface area contributed by atoms with Crippen LogP contribution in [0.3, 0.4) is 0 Å². The Kier molecular flexibility index (Phi) is 4.69. The number of carbonyl (C=O) groups excluding carboxylic acids is 2. The Balaban J connectivity index is 1.76. The molecule has 0 saturated carbocycles. The smallest absolute Gasteiger partial charge is 0.328 e. The quantitative estimate of drug-likeness (QED) is 0.524. The van der Waals surface area contributed by atoms with E-state index in [0.717, 1.165) is 5.56 Å². The Morgan fingerprint density at radius 2 is 2.09 bits per heavy atom. The number of amides is 3. The topological polar surface area (TPSA) is 88.7 Å². The zero-order chi connectivity index (χ0) is 22.8. The van der Waals surface area contributed by atoms with E-state index in [1.165, 1.54) is 11.0 Å². The minimum atomic E-state index is -1.13. The number of urea groups is 1. The highest BCUT2D eigenvalue weighted by molar-refractivity contribution is 6.31. The number of aromatic nitrogens is 1. The molecular weight excluding hydrogens is 435 g/mol. The lowest BCUT2D eigenvalue weighted by Crippen LogP contribution is -2.53. The number of likely N-dealkylation sites (N-methyl/N-ethyl adjacent to an activating group) is 1. The number of phenols is 1. The summed E-state index contributed by atoms with van der Waals surface area (Å²) in [6, 6.07) is 8.43. The summed E-state index contributed by atoms with van der Waals surface area (Å²) in [6.45, 7) is 2.48. The van der Waals surface area contributed by atoms with Crippen LogP contribution in [0.25, 0.3) is 10.9 Å². The second kappa shape index (κ2) is 7.21. The van der Waals surface area contributed by atoms with Gasteiger partial charge in [0.2, 0.25) is 0 Å². The predicted octanol–water partition coefficient (Wildman–Crippen LogP) is 3.55. The first kappa shape index (κ1) is 20.8. The van der Waals surface area contributed by atoms with Crippen LogP contribution in [-0.4, -0.2) is 57.5 Å². The van der Waals surface area contributed by atoms with Gasteiger partial charge in [-0.3, -0.25) is 14.6 Å². The second-order valence-electron chi connectivity index (χ2n) is 8.49. The molecule has 0 bridgehead atoms. The molecule has 1 aromatic heterocycles. The fourth-order valence-corrected chi connectivity index (χ4v) is 5.14. The number of aromatic amines is 1. The molecule has 0 radical (unpaired) electrons. The van der Waals surface area contributed by atoms with Crippen molar-refractivity contribution in [2.75, 3.05) is 20.1 Å². The van der Waals surface area contributed by atoms with Crippen molar-refractivity contribution < 1.29 is 19.1 Å². The third kappa shape index (κ3) is 2.83. The fourth-order valence-electron chi connectivity index (χ4n) is 4.97. The molecule has 2 aromatic carbocycles. The second-order valence-corrected chi connectivity index (χ2v) is 8.90. The third-order valence-electron chi connectivity index (χ3n) is 6.48. The number of hydrogen-bond acceptors (Lipinski definition) is 4. The molecule has 0 aliphatic carbocycles. The van der Waals surface area contributed by atoms with Crippen LogP contribution in [0, 0.1) is 5.82 Å². The normalized spacial score (nSPS) is 22.6. The van der Waals surface area contributed by atoms with E-state index in [1.807, 2.05) is 0 Å². The summed E-state index contributed by atoms with van der Waals surface area (Å²) in [7, 11) is 1.76. The minimum Gasteiger partial charge on any atom is -0.508 e. The van der Waals surface area contributed by atoms with Gasteiger partial charge in [-0.15, -0.1) is 0 Å². The van der Waals surface area contributed by atoms with Gasteiger partial charge in [0.15, 0.2) is 0 Å². The van der Waals surface area contributed by atoms with E-state index < -0.39 is 23.4 Å². The maximum Gasteiger partial charge on any atom is 0.328 e. The molecule has 3 aromatic rings. The molecule has 32 heavy (non-hydrogen) atoms. The summed E-state index contributed by atoms with van der Waals surface area (Å²) >= 11 is 6.07. The molecule has 5 rings (SSSR count). The van der Waals surface area contributed by atoms with Crippen LogP contribution >= 0.6 is 11.6 Å². The van der Waals surface area contributed by atoms with Gasteiger partial charge < -0.3 is 15.4 Å². The molecule has 2 aliphatic heterocycles. The van der Waals surface area contributed by atoms with E-state index in [-0.39, 0.29) is 29.6 Å². The van der Waals surface area contributed by atoms with Crippen LogP contribution in [0.15, 0.2) is 36.4 Å². The average molecular weight is 457 g/mol. The van der Waals surface area contributed by atoms with Gasteiger partial charge in [0.25, 0.3) is 5.91 Å². The largest absolute Gasteiger partial charge is 0.508 e. The number of H-pyrrole nitrogens is 1. The molecule has 2 unspecified atom stereocenters. The first-order valence-electron chi connectivity index (χ1n) is 10.3. The van der Waals surface area contributed by atoms with Crippen LogP contribution in [0.4, 0.5) is 9.18 Å². The lowest BCUT2D eigenvalue weighted by molar-refractivity contribution is -0.133. The summed E-state index contributed by atoms with van der Waals surface area (Å²) in [4.78, 5) is 33.1. The van der Waals surface area contributed by atoms with Crippen LogP contribution < -0.4 is 5.32 Å². The van der Waals surface area contributed by atoms with Gasteiger partial charge in [0.05, 0.1) is 5.02 Å². The van der Waals surface area contributed by atoms with E-state index >= 15 is 0 Å². The first-order chi connectivity index (χ1) is 15.3. The Labute approximate surface area is 188 Å².